The van der Waals surface area contributed by atoms with E-state index in [4.69, 9.17) is 0 Å². The minimum Gasteiger partial charge on any atom is -0.333 e. The molecule has 1 saturated carbocycles. The Morgan fingerprint density at radius 1 is 0.647 bits per heavy atom. The Bertz CT molecular complexity index is 1140. The predicted molar refractivity (Wildman–Crippen MR) is 126 cm³/mol. The van der Waals surface area contributed by atoms with Crippen LogP contribution < -0.4 is 20.1 Å². The van der Waals surface area contributed by atoms with Crippen molar-refractivity contribution in [3.05, 3.63) is 59.7 Å². The Morgan fingerprint density at radius 2 is 0.971 bits per heavy atom. The van der Waals surface area contributed by atoms with Crippen LogP contribution >= 0.6 is 0 Å². The second kappa shape index (κ2) is 10.4. The van der Waals surface area contributed by atoms with Crippen molar-refractivity contribution in [1.82, 2.24) is 20.1 Å². The molecule has 0 spiro atoms. The summed E-state index contributed by atoms with van der Waals surface area (Å²) in [6, 6.07) is 9.08. The lowest BCUT2D eigenvalue weighted by Gasteiger charge is -2.32. The van der Waals surface area contributed by atoms with E-state index in [0.717, 1.165) is 24.0 Å². The van der Waals surface area contributed by atoms with Gasteiger partial charge in [-0.1, -0.05) is 48.2 Å². The lowest BCUT2D eigenvalue weighted by molar-refractivity contribution is 0.218. The minimum atomic E-state index is -4.07. The van der Waals surface area contributed by atoms with Crippen molar-refractivity contribution in [2.24, 2.45) is 0 Å². The molecular formula is C22H28N4O6S2. The van der Waals surface area contributed by atoms with E-state index in [0.29, 0.717) is 12.8 Å². The molecule has 12 heteroatoms. The molecule has 10 nitrogen and oxygen atoms in total. The third-order valence-corrected chi connectivity index (χ3v) is 8.21. The first-order valence-corrected chi connectivity index (χ1v) is 13.7. The second-order valence-electron chi connectivity index (χ2n) is 8.28. The van der Waals surface area contributed by atoms with E-state index in [1.54, 1.807) is 24.3 Å². The number of benzene rings is 2. The smallest absolute Gasteiger partial charge is 0.328 e. The molecule has 1 aliphatic rings. The highest BCUT2D eigenvalue weighted by molar-refractivity contribution is 7.90. The van der Waals surface area contributed by atoms with E-state index in [-0.39, 0.29) is 9.79 Å². The van der Waals surface area contributed by atoms with Crippen LogP contribution in [0.5, 0.6) is 0 Å². The zero-order valence-corrected chi connectivity index (χ0v) is 20.5. The molecule has 0 bridgehead atoms. The fourth-order valence-electron chi connectivity index (χ4n) is 3.67. The quantitative estimate of drug-likeness (QED) is 0.470. The van der Waals surface area contributed by atoms with Crippen LogP contribution in [0.1, 0.15) is 36.8 Å². The van der Waals surface area contributed by atoms with Gasteiger partial charge in [-0.05, 0) is 51.0 Å². The van der Waals surface area contributed by atoms with Crippen molar-refractivity contribution in [1.29, 1.82) is 0 Å². The number of hydrogen-bond acceptors (Lipinski definition) is 6. The molecule has 184 valence electrons. The number of carbonyl (C=O) groups is 2. The number of rotatable bonds is 6. The van der Waals surface area contributed by atoms with Gasteiger partial charge in [-0.2, -0.15) is 0 Å². The van der Waals surface area contributed by atoms with Crippen LogP contribution in [0.4, 0.5) is 9.59 Å². The van der Waals surface area contributed by atoms with Crippen molar-refractivity contribution in [2.45, 2.75) is 61.4 Å². The largest absolute Gasteiger partial charge is 0.333 e. The number of urea groups is 2. The monoisotopic (exact) mass is 508 g/mol. The maximum absolute atomic E-state index is 12.4. The van der Waals surface area contributed by atoms with Crippen molar-refractivity contribution in [2.75, 3.05) is 0 Å². The highest BCUT2D eigenvalue weighted by Gasteiger charge is 2.30. The summed E-state index contributed by atoms with van der Waals surface area (Å²) >= 11 is 0. The molecule has 0 saturated heterocycles. The normalized spacial score (nSPS) is 18.5. The summed E-state index contributed by atoms with van der Waals surface area (Å²) < 4.78 is 53.7. The first kappa shape index (κ1) is 25.5. The SMILES string of the molecule is Cc1ccc(S(=O)(=O)NC(=O)NC2CCCCC2NC(=O)NS(=O)(=O)c2ccc(C)cc2)cc1. The number of carbonyl (C=O) groups excluding carboxylic acids is 2. The van der Waals surface area contributed by atoms with Crippen LogP contribution in [0.15, 0.2) is 58.3 Å². The van der Waals surface area contributed by atoms with E-state index in [1.807, 2.05) is 23.3 Å². The van der Waals surface area contributed by atoms with Gasteiger partial charge in [0.1, 0.15) is 0 Å². The molecule has 2 atom stereocenters. The van der Waals surface area contributed by atoms with Gasteiger partial charge in [-0.15, -0.1) is 0 Å². The van der Waals surface area contributed by atoms with Crippen LogP contribution in [0, 0.1) is 13.8 Å². The Morgan fingerprint density at radius 3 is 1.29 bits per heavy atom. The Hall–Kier alpha value is -3.12. The number of hydrogen-bond donors (Lipinski definition) is 4. The standard InChI is InChI=1S/C22H28N4O6S2/c1-15-7-11-17(12-8-15)33(29,30)25-21(27)23-19-5-3-4-6-20(19)24-22(28)26-34(31,32)18-13-9-16(2)10-14-18/h7-14,19-20H,3-6H2,1-2H3,(H2,23,25,27)(H2,24,26,28). The van der Waals surface area contributed by atoms with Gasteiger partial charge in [0.05, 0.1) is 21.9 Å². The van der Waals surface area contributed by atoms with Crippen LogP contribution in [0.3, 0.4) is 0 Å². The average Bonchev–Trinajstić information content (AvgIpc) is 2.75. The third kappa shape index (κ3) is 6.70. The molecule has 34 heavy (non-hydrogen) atoms. The topological polar surface area (TPSA) is 151 Å². The molecule has 0 aliphatic heterocycles. The highest BCUT2D eigenvalue weighted by atomic mass is 32.2. The molecule has 2 aromatic rings. The molecule has 4 N–H and O–H groups in total. The van der Waals surface area contributed by atoms with Crippen molar-refractivity contribution < 1.29 is 26.4 Å². The first-order chi connectivity index (χ1) is 16.0. The van der Waals surface area contributed by atoms with Crippen LogP contribution in [-0.4, -0.2) is 41.0 Å². The maximum atomic E-state index is 12.4. The van der Waals surface area contributed by atoms with Crippen LogP contribution in [-0.2, 0) is 20.0 Å². The number of sulfonamides is 2. The van der Waals surface area contributed by atoms with Gasteiger partial charge in [-0.25, -0.2) is 35.9 Å². The summed E-state index contributed by atoms with van der Waals surface area (Å²) in [6.45, 7) is 3.63. The lowest BCUT2D eigenvalue weighted by Crippen LogP contribution is -2.57. The fraction of sp³-hybridized carbons (Fsp3) is 0.364. The van der Waals surface area contributed by atoms with Gasteiger partial charge in [-0.3, -0.25) is 0 Å². The molecule has 3 rings (SSSR count). The van der Waals surface area contributed by atoms with Gasteiger partial charge in [0, 0.05) is 0 Å². The summed E-state index contributed by atoms with van der Waals surface area (Å²) in [7, 11) is -8.13. The number of amides is 4. The van der Waals surface area contributed by atoms with Crippen molar-refractivity contribution in [3.8, 4) is 0 Å². The number of aryl methyl sites for hydroxylation is 2. The zero-order chi connectivity index (χ0) is 24.9. The Labute approximate surface area is 199 Å². The van der Waals surface area contributed by atoms with Gasteiger partial charge < -0.3 is 10.6 Å². The Balaban J connectivity index is 1.61. The highest BCUT2D eigenvalue weighted by Crippen LogP contribution is 2.19. The molecule has 0 heterocycles. The average molecular weight is 509 g/mol. The molecule has 0 aromatic heterocycles. The van der Waals surface area contributed by atoms with Crippen molar-refractivity contribution >= 4 is 32.1 Å². The lowest BCUT2D eigenvalue weighted by atomic mass is 9.90. The summed E-state index contributed by atoms with van der Waals surface area (Å²) in [6.07, 6.45) is 2.51. The molecule has 4 amide bonds. The summed E-state index contributed by atoms with van der Waals surface area (Å²) in [5.41, 5.74) is 1.75. The molecule has 1 fully saturated rings. The first-order valence-electron chi connectivity index (χ1n) is 10.8. The van der Waals surface area contributed by atoms with E-state index < -0.39 is 44.2 Å². The van der Waals surface area contributed by atoms with Crippen LogP contribution in [0.25, 0.3) is 0 Å². The predicted octanol–water partition coefficient (Wildman–Crippen LogP) is 2.29. The van der Waals surface area contributed by atoms with Crippen molar-refractivity contribution in [3.63, 3.8) is 0 Å². The summed E-state index contributed by atoms with van der Waals surface area (Å²) in [4.78, 5) is 24.7. The van der Waals surface area contributed by atoms with Gasteiger partial charge in [0.2, 0.25) is 0 Å². The molecule has 2 aromatic carbocycles. The molecular weight excluding hydrogens is 480 g/mol. The summed E-state index contributed by atoms with van der Waals surface area (Å²) in [5, 5.41) is 5.18. The van der Waals surface area contributed by atoms with E-state index in [1.165, 1.54) is 24.3 Å². The molecule has 1 aliphatic carbocycles. The van der Waals surface area contributed by atoms with Gasteiger partial charge in [0.25, 0.3) is 20.0 Å². The van der Waals surface area contributed by atoms with E-state index in [9.17, 15) is 26.4 Å². The fourth-order valence-corrected chi connectivity index (χ4v) is 5.50. The van der Waals surface area contributed by atoms with Gasteiger partial charge in [0.15, 0.2) is 0 Å². The molecule has 2 unspecified atom stereocenters. The second-order valence-corrected chi connectivity index (χ2v) is 11.6. The third-order valence-electron chi connectivity index (χ3n) is 5.52. The van der Waals surface area contributed by atoms with E-state index >= 15 is 0 Å². The van der Waals surface area contributed by atoms with E-state index in [2.05, 4.69) is 10.6 Å². The molecule has 0 radical (unpaired) electrons. The maximum Gasteiger partial charge on any atom is 0.328 e. The number of nitrogens with one attached hydrogen (secondary N) is 4. The minimum absolute atomic E-state index is 0.0488. The van der Waals surface area contributed by atoms with Gasteiger partial charge >= 0.3 is 12.1 Å². The Kier molecular flexibility index (Phi) is 7.82. The van der Waals surface area contributed by atoms with Crippen LogP contribution in [0.2, 0.25) is 0 Å². The zero-order valence-electron chi connectivity index (χ0n) is 18.9. The summed E-state index contributed by atoms with van der Waals surface area (Å²) in [5.74, 6) is 0.